The monoisotopic (exact) mass is 219 g/mol. The van der Waals surface area contributed by atoms with E-state index in [1.165, 1.54) is 6.08 Å². The van der Waals surface area contributed by atoms with Crippen molar-refractivity contribution in [3.8, 4) is 0 Å². The molecule has 0 spiro atoms. The summed E-state index contributed by atoms with van der Waals surface area (Å²) in [4.78, 5) is 4.26. The van der Waals surface area contributed by atoms with Crippen LogP contribution in [-0.2, 0) is 4.65 Å². The Labute approximate surface area is 91.8 Å². The molecule has 2 aromatic rings. The lowest BCUT2D eigenvalue weighted by Crippen LogP contribution is -1.97. The fourth-order valence-electron chi connectivity index (χ4n) is 1.34. The van der Waals surface area contributed by atoms with Crippen LogP contribution in [0.5, 0.6) is 0 Å². The minimum atomic E-state index is -2.79. The SMILES string of the molecule is FB(F)O/C=C\c1ccc2ccccc2n1. The Balaban J connectivity index is 2.22. The number of para-hydroxylation sites is 1. The van der Waals surface area contributed by atoms with Crippen molar-refractivity contribution in [1.82, 2.24) is 4.98 Å². The highest BCUT2D eigenvalue weighted by Crippen LogP contribution is 2.12. The zero-order valence-corrected chi connectivity index (χ0v) is 8.31. The highest BCUT2D eigenvalue weighted by molar-refractivity contribution is 6.34. The van der Waals surface area contributed by atoms with Gasteiger partial charge in [0.25, 0.3) is 0 Å². The molecule has 5 heteroatoms. The van der Waals surface area contributed by atoms with Crippen molar-refractivity contribution in [2.45, 2.75) is 0 Å². The number of aromatic nitrogens is 1. The molecule has 0 atom stereocenters. The smallest absolute Gasteiger partial charge is 0.512 e. The van der Waals surface area contributed by atoms with E-state index < -0.39 is 7.47 Å². The lowest BCUT2D eigenvalue weighted by atomic mass is 10.2. The van der Waals surface area contributed by atoms with Gasteiger partial charge in [-0.3, -0.25) is 0 Å². The Bertz CT molecular complexity index is 516. The molecule has 16 heavy (non-hydrogen) atoms. The number of fused-ring (bicyclic) bond motifs is 1. The molecular weight excluding hydrogens is 211 g/mol. The van der Waals surface area contributed by atoms with Crippen molar-refractivity contribution in [2.75, 3.05) is 0 Å². The zero-order chi connectivity index (χ0) is 11.4. The number of rotatable bonds is 3. The van der Waals surface area contributed by atoms with E-state index in [4.69, 9.17) is 0 Å². The van der Waals surface area contributed by atoms with E-state index >= 15 is 0 Å². The van der Waals surface area contributed by atoms with E-state index in [0.717, 1.165) is 17.2 Å². The fourth-order valence-corrected chi connectivity index (χ4v) is 1.34. The Morgan fingerprint density at radius 1 is 1.12 bits per heavy atom. The summed E-state index contributed by atoms with van der Waals surface area (Å²) >= 11 is 0. The van der Waals surface area contributed by atoms with Crippen LogP contribution in [0.4, 0.5) is 8.63 Å². The molecule has 1 heterocycles. The molecule has 0 unspecified atom stereocenters. The Kier molecular flexibility index (Phi) is 3.15. The maximum Gasteiger partial charge on any atom is 0.796 e. The van der Waals surface area contributed by atoms with Crippen LogP contribution in [0.15, 0.2) is 42.7 Å². The van der Waals surface area contributed by atoms with Crippen LogP contribution in [0, 0.1) is 0 Å². The number of hydrogen-bond donors (Lipinski definition) is 0. The lowest BCUT2D eigenvalue weighted by molar-refractivity contribution is 0.376. The van der Waals surface area contributed by atoms with Crippen molar-refractivity contribution in [3.63, 3.8) is 0 Å². The second-order valence-electron chi connectivity index (χ2n) is 3.13. The second kappa shape index (κ2) is 4.74. The average molecular weight is 219 g/mol. The third-order valence-corrected chi connectivity index (χ3v) is 2.04. The molecule has 2 rings (SSSR count). The highest BCUT2D eigenvalue weighted by Gasteiger charge is 2.13. The molecule has 0 aliphatic heterocycles. The third kappa shape index (κ3) is 2.56. The first-order chi connectivity index (χ1) is 7.75. The normalized spacial score (nSPS) is 10.9. The summed E-state index contributed by atoms with van der Waals surface area (Å²) in [6.45, 7) is 0. The van der Waals surface area contributed by atoms with Crippen molar-refractivity contribution in [1.29, 1.82) is 0 Å². The van der Waals surface area contributed by atoms with Gasteiger partial charge in [0.1, 0.15) is 0 Å². The summed E-state index contributed by atoms with van der Waals surface area (Å²) < 4.78 is 27.4. The van der Waals surface area contributed by atoms with Gasteiger partial charge in [0.2, 0.25) is 0 Å². The molecule has 0 saturated carbocycles. The molecule has 1 aromatic carbocycles. The van der Waals surface area contributed by atoms with E-state index in [9.17, 15) is 8.63 Å². The largest absolute Gasteiger partial charge is 0.796 e. The molecule has 0 radical (unpaired) electrons. The lowest BCUT2D eigenvalue weighted by Gasteiger charge is -1.98. The van der Waals surface area contributed by atoms with Crippen LogP contribution >= 0.6 is 0 Å². The summed E-state index contributed by atoms with van der Waals surface area (Å²) in [6.07, 6.45) is 2.35. The van der Waals surface area contributed by atoms with Gasteiger partial charge in [-0.1, -0.05) is 24.3 Å². The summed E-state index contributed by atoms with van der Waals surface area (Å²) in [5.74, 6) is 0. The number of pyridine rings is 1. The maximum absolute atomic E-state index is 11.7. The quantitative estimate of drug-likeness (QED) is 0.584. The molecule has 1 aromatic heterocycles. The Morgan fingerprint density at radius 3 is 2.75 bits per heavy atom. The number of nitrogens with zero attached hydrogens (tertiary/aromatic N) is 1. The molecular formula is C11H8BF2NO. The fraction of sp³-hybridized carbons (Fsp3) is 0. The van der Waals surface area contributed by atoms with Gasteiger partial charge >= 0.3 is 7.47 Å². The molecule has 80 valence electrons. The third-order valence-electron chi connectivity index (χ3n) is 2.04. The Morgan fingerprint density at radius 2 is 1.94 bits per heavy atom. The van der Waals surface area contributed by atoms with Crippen LogP contribution in [-0.4, -0.2) is 12.5 Å². The molecule has 0 N–H and O–H groups in total. The zero-order valence-electron chi connectivity index (χ0n) is 8.31. The number of halogens is 2. The van der Waals surface area contributed by atoms with Gasteiger partial charge in [-0.25, -0.2) is 13.6 Å². The van der Waals surface area contributed by atoms with E-state index in [2.05, 4.69) is 9.64 Å². The van der Waals surface area contributed by atoms with Gasteiger partial charge in [-0.2, -0.15) is 0 Å². The second-order valence-corrected chi connectivity index (χ2v) is 3.13. The summed E-state index contributed by atoms with van der Waals surface area (Å²) in [5, 5.41) is 1.01. The average Bonchev–Trinajstić information content (AvgIpc) is 2.28. The van der Waals surface area contributed by atoms with Gasteiger partial charge in [0.15, 0.2) is 0 Å². The Hall–Kier alpha value is -1.91. The van der Waals surface area contributed by atoms with Crippen LogP contribution in [0.3, 0.4) is 0 Å². The molecule has 2 nitrogen and oxygen atoms in total. The minimum Gasteiger partial charge on any atom is -0.512 e. The van der Waals surface area contributed by atoms with Crippen molar-refractivity contribution in [2.24, 2.45) is 0 Å². The molecule has 0 aliphatic carbocycles. The van der Waals surface area contributed by atoms with Gasteiger partial charge in [-0.15, -0.1) is 0 Å². The molecule has 0 saturated heterocycles. The van der Waals surface area contributed by atoms with Gasteiger partial charge in [0.05, 0.1) is 17.5 Å². The first-order valence-corrected chi connectivity index (χ1v) is 4.72. The van der Waals surface area contributed by atoms with Gasteiger partial charge in [-0.05, 0) is 18.2 Å². The van der Waals surface area contributed by atoms with E-state index in [0.29, 0.717) is 5.69 Å². The van der Waals surface area contributed by atoms with Crippen molar-refractivity contribution >= 4 is 24.4 Å². The van der Waals surface area contributed by atoms with Crippen LogP contribution in [0.25, 0.3) is 17.0 Å². The molecule has 0 fully saturated rings. The molecule has 0 bridgehead atoms. The number of benzene rings is 1. The topological polar surface area (TPSA) is 22.1 Å². The van der Waals surface area contributed by atoms with E-state index in [1.807, 2.05) is 30.3 Å². The van der Waals surface area contributed by atoms with Crippen LogP contribution in [0.1, 0.15) is 5.69 Å². The van der Waals surface area contributed by atoms with Gasteiger partial charge < -0.3 is 4.65 Å². The first kappa shape index (κ1) is 10.6. The van der Waals surface area contributed by atoms with Crippen molar-refractivity contribution in [3.05, 3.63) is 48.4 Å². The minimum absolute atomic E-state index is 0.583. The summed E-state index contributed by atoms with van der Waals surface area (Å²) in [6, 6.07) is 11.2. The standard InChI is InChI=1S/C11H8BF2NO/c13-12(14)16-8-7-10-6-5-9-3-1-2-4-11(9)15-10/h1-8H/b8-7-. The summed E-state index contributed by atoms with van der Waals surface area (Å²) in [5.41, 5.74) is 1.40. The van der Waals surface area contributed by atoms with Crippen LogP contribution in [0.2, 0.25) is 0 Å². The van der Waals surface area contributed by atoms with Crippen molar-refractivity contribution < 1.29 is 13.3 Å². The van der Waals surface area contributed by atoms with Gasteiger partial charge in [0, 0.05) is 5.39 Å². The highest BCUT2D eigenvalue weighted by atomic mass is 19.2. The predicted octanol–water partition coefficient (Wildman–Crippen LogP) is 3.15. The van der Waals surface area contributed by atoms with Crippen LogP contribution < -0.4 is 0 Å². The molecule has 0 amide bonds. The van der Waals surface area contributed by atoms with E-state index in [-0.39, 0.29) is 0 Å². The summed E-state index contributed by atoms with van der Waals surface area (Å²) in [7, 11) is -2.79. The number of hydrogen-bond acceptors (Lipinski definition) is 2. The first-order valence-electron chi connectivity index (χ1n) is 4.72. The van der Waals surface area contributed by atoms with E-state index in [1.54, 1.807) is 6.07 Å². The molecule has 0 aliphatic rings. The predicted molar refractivity (Wildman–Crippen MR) is 59.8 cm³/mol. The maximum atomic E-state index is 11.7.